The van der Waals surface area contributed by atoms with E-state index in [1.165, 1.54) is 0 Å². The summed E-state index contributed by atoms with van der Waals surface area (Å²) in [5, 5.41) is 3.12. The zero-order chi connectivity index (χ0) is 9.84. The number of nitrogens with one attached hydrogen (secondary N) is 1. The molecule has 1 unspecified atom stereocenters. The summed E-state index contributed by atoms with van der Waals surface area (Å²) in [6, 6.07) is 0.299. The number of ketones is 1. The van der Waals surface area contributed by atoms with Crippen molar-refractivity contribution in [2.45, 2.75) is 26.3 Å². The summed E-state index contributed by atoms with van der Waals surface area (Å²) in [4.78, 5) is 23.4. The van der Waals surface area contributed by atoms with Gasteiger partial charge in [-0.2, -0.15) is 0 Å². The summed E-state index contributed by atoms with van der Waals surface area (Å²) in [6.07, 6.45) is 0.951. The molecule has 1 N–H and O–H groups in total. The highest BCUT2D eigenvalue weighted by atomic mass is 16.2. The molecule has 4 heteroatoms. The minimum atomic E-state index is 0.118. The summed E-state index contributed by atoms with van der Waals surface area (Å²) in [7, 11) is 0. The van der Waals surface area contributed by atoms with Crippen LogP contribution in [0.25, 0.3) is 0 Å². The fourth-order valence-electron chi connectivity index (χ4n) is 1.50. The number of nitrogens with zero attached hydrogens (tertiary/aromatic N) is 1. The van der Waals surface area contributed by atoms with Gasteiger partial charge in [0.15, 0.2) is 0 Å². The zero-order valence-corrected chi connectivity index (χ0v) is 8.17. The van der Waals surface area contributed by atoms with Crippen LogP contribution in [-0.4, -0.2) is 42.3 Å². The van der Waals surface area contributed by atoms with Crippen LogP contribution in [0.3, 0.4) is 0 Å². The second-order valence-corrected chi connectivity index (χ2v) is 3.53. The van der Waals surface area contributed by atoms with Gasteiger partial charge in [0.1, 0.15) is 5.78 Å². The predicted molar refractivity (Wildman–Crippen MR) is 49.3 cm³/mol. The largest absolute Gasteiger partial charge is 0.341 e. The van der Waals surface area contributed by atoms with Crippen LogP contribution in [-0.2, 0) is 9.59 Å². The molecule has 0 aliphatic carbocycles. The standard InChI is InChI=1S/C9H16N2O2/c1-7(12)5-10-9-3-4-11(6-9)8(2)13/h9-10H,3-6H2,1-2H3. The first-order valence-electron chi connectivity index (χ1n) is 4.58. The maximum absolute atomic E-state index is 11.0. The average Bonchev–Trinajstić information content (AvgIpc) is 2.48. The lowest BCUT2D eigenvalue weighted by Crippen LogP contribution is -2.36. The first-order chi connectivity index (χ1) is 6.09. The van der Waals surface area contributed by atoms with E-state index in [1.54, 1.807) is 18.7 Å². The van der Waals surface area contributed by atoms with Gasteiger partial charge in [0.2, 0.25) is 5.91 Å². The minimum Gasteiger partial charge on any atom is -0.341 e. The normalized spacial score (nSPS) is 22.0. The molecule has 0 aromatic carbocycles. The quantitative estimate of drug-likeness (QED) is 0.660. The topological polar surface area (TPSA) is 49.4 Å². The molecular weight excluding hydrogens is 168 g/mol. The van der Waals surface area contributed by atoms with Crippen molar-refractivity contribution in [3.05, 3.63) is 0 Å². The molecule has 4 nitrogen and oxygen atoms in total. The molecule has 1 rings (SSSR count). The van der Waals surface area contributed by atoms with Crippen molar-refractivity contribution in [1.82, 2.24) is 10.2 Å². The lowest BCUT2D eigenvalue weighted by atomic mass is 10.2. The number of hydrogen-bond acceptors (Lipinski definition) is 3. The van der Waals surface area contributed by atoms with Gasteiger partial charge < -0.3 is 10.2 Å². The predicted octanol–water partition coefficient (Wildman–Crippen LogP) is -0.214. The number of Topliss-reactive ketones (excluding diaryl/α,β-unsaturated/α-hetero) is 1. The van der Waals surface area contributed by atoms with Gasteiger partial charge >= 0.3 is 0 Å². The molecule has 0 saturated carbocycles. The molecule has 0 aromatic rings. The third kappa shape index (κ3) is 3.14. The van der Waals surface area contributed by atoms with Crippen LogP contribution >= 0.6 is 0 Å². The molecule has 1 saturated heterocycles. The highest BCUT2D eigenvalue weighted by Crippen LogP contribution is 2.08. The van der Waals surface area contributed by atoms with Gasteiger partial charge in [0, 0.05) is 26.1 Å². The van der Waals surface area contributed by atoms with Gasteiger partial charge in [0.05, 0.1) is 6.54 Å². The van der Waals surface area contributed by atoms with Gasteiger partial charge in [-0.05, 0) is 13.3 Å². The Labute approximate surface area is 78.3 Å². The van der Waals surface area contributed by atoms with Crippen molar-refractivity contribution in [3.8, 4) is 0 Å². The SMILES string of the molecule is CC(=O)CNC1CCN(C(C)=O)C1. The molecule has 1 amide bonds. The lowest BCUT2D eigenvalue weighted by molar-refractivity contribution is -0.127. The summed E-state index contributed by atoms with van der Waals surface area (Å²) < 4.78 is 0. The van der Waals surface area contributed by atoms with Crippen molar-refractivity contribution in [2.24, 2.45) is 0 Å². The van der Waals surface area contributed by atoms with Crippen LogP contribution in [0.4, 0.5) is 0 Å². The fraction of sp³-hybridized carbons (Fsp3) is 0.778. The summed E-state index contributed by atoms with van der Waals surface area (Å²) >= 11 is 0. The summed E-state index contributed by atoms with van der Waals surface area (Å²) in [5.41, 5.74) is 0. The highest BCUT2D eigenvalue weighted by molar-refractivity contribution is 5.77. The van der Waals surface area contributed by atoms with Gasteiger partial charge in [-0.1, -0.05) is 0 Å². The van der Waals surface area contributed by atoms with E-state index < -0.39 is 0 Å². The van der Waals surface area contributed by atoms with Crippen LogP contribution in [0.2, 0.25) is 0 Å². The Kier molecular flexibility index (Phi) is 3.42. The summed E-state index contributed by atoms with van der Waals surface area (Å²) in [5.74, 6) is 0.258. The van der Waals surface area contributed by atoms with Crippen LogP contribution in [0.15, 0.2) is 0 Å². The van der Waals surface area contributed by atoms with Crippen molar-refractivity contribution < 1.29 is 9.59 Å². The van der Waals surface area contributed by atoms with E-state index in [-0.39, 0.29) is 11.7 Å². The van der Waals surface area contributed by atoms with E-state index in [0.717, 1.165) is 19.5 Å². The smallest absolute Gasteiger partial charge is 0.219 e. The first-order valence-corrected chi connectivity index (χ1v) is 4.58. The molecule has 13 heavy (non-hydrogen) atoms. The molecule has 0 bridgehead atoms. The second kappa shape index (κ2) is 4.37. The van der Waals surface area contributed by atoms with Crippen molar-refractivity contribution in [2.75, 3.05) is 19.6 Å². The first kappa shape index (κ1) is 10.2. The van der Waals surface area contributed by atoms with Crippen LogP contribution in [0.5, 0.6) is 0 Å². The average molecular weight is 184 g/mol. The van der Waals surface area contributed by atoms with Gasteiger partial charge in [-0.25, -0.2) is 0 Å². The third-order valence-electron chi connectivity index (χ3n) is 2.27. The molecule has 74 valence electrons. The zero-order valence-electron chi connectivity index (χ0n) is 8.17. The maximum atomic E-state index is 11.0. The molecular formula is C9H16N2O2. The van der Waals surface area contributed by atoms with E-state index in [0.29, 0.717) is 12.6 Å². The molecule has 0 spiro atoms. The molecule has 1 aliphatic heterocycles. The Hall–Kier alpha value is -0.900. The molecule has 0 aromatic heterocycles. The Morgan fingerprint density at radius 1 is 1.46 bits per heavy atom. The van der Waals surface area contributed by atoms with E-state index in [1.807, 2.05) is 0 Å². The molecule has 1 heterocycles. The van der Waals surface area contributed by atoms with Crippen molar-refractivity contribution in [3.63, 3.8) is 0 Å². The molecule has 1 atom stereocenters. The number of carbonyl (C=O) groups is 2. The molecule has 0 radical (unpaired) electrons. The minimum absolute atomic E-state index is 0.118. The van der Waals surface area contributed by atoms with Crippen molar-refractivity contribution >= 4 is 11.7 Å². The Morgan fingerprint density at radius 3 is 2.62 bits per heavy atom. The number of hydrogen-bond donors (Lipinski definition) is 1. The summed E-state index contributed by atoms with van der Waals surface area (Å²) in [6.45, 7) is 5.10. The number of likely N-dealkylation sites (tertiary alicyclic amines) is 1. The number of amides is 1. The van der Waals surface area contributed by atoms with E-state index in [4.69, 9.17) is 0 Å². The van der Waals surface area contributed by atoms with E-state index in [9.17, 15) is 9.59 Å². The van der Waals surface area contributed by atoms with Crippen molar-refractivity contribution in [1.29, 1.82) is 0 Å². The van der Waals surface area contributed by atoms with Crippen LogP contribution < -0.4 is 5.32 Å². The molecule has 1 aliphatic rings. The second-order valence-electron chi connectivity index (χ2n) is 3.53. The monoisotopic (exact) mass is 184 g/mol. The Morgan fingerprint density at radius 2 is 2.15 bits per heavy atom. The van der Waals surface area contributed by atoms with Crippen LogP contribution in [0, 0.1) is 0 Å². The van der Waals surface area contributed by atoms with E-state index in [2.05, 4.69) is 5.32 Å². The van der Waals surface area contributed by atoms with Gasteiger partial charge in [0.25, 0.3) is 0 Å². The maximum Gasteiger partial charge on any atom is 0.219 e. The fourth-order valence-corrected chi connectivity index (χ4v) is 1.50. The Balaban J connectivity index is 2.25. The third-order valence-corrected chi connectivity index (χ3v) is 2.27. The van der Waals surface area contributed by atoms with Gasteiger partial charge in [-0.15, -0.1) is 0 Å². The lowest BCUT2D eigenvalue weighted by Gasteiger charge is -2.14. The number of carbonyl (C=O) groups excluding carboxylic acids is 2. The van der Waals surface area contributed by atoms with Crippen LogP contribution in [0.1, 0.15) is 20.3 Å². The highest BCUT2D eigenvalue weighted by Gasteiger charge is 2.23. The Bertz CT molecular complexity index is 216. The number of rotatable bonds is 3. The molecule has 1 fully saturated rings. The van der Waals surface area contributed by atoms with E-state index >= 15 is 0 Å². The van der Waals surface area contributed by atoms with Gasteiger partial charge in [-0.3, -0.25) is 9.59 Å².